The third-order valence-corrected chi connectivity index (χ3v) is 17.3. The van der Waals surface area contributed by atoms with Gasteiger partial charge in [0.15, 0.2) is 0 Å². The predicted octanol–water partition coefficient (Wildman–Crippen LogP) is 16.4. The fourth-order valence-corrected chi connectivity index (χ4v) is 12.9. The number of anilines is 6. The molecule has 2 aliphatic carbocycles. The third kappa shape index (κ3) is 7.42. The van der Waals surface area contributed by atoms with Crippen molar-refractivity contribution in [3.05, 3.63) is 183 Å². The number of hydrogen-bond acceptors (Lipinski definition) is 2. The quantitative estimate of drug-likeness (QED) is 0.159. The molecule has 0 bridgehead atoms. The van der Waals surface area contributed by atoms with Crippen molar-refractivity contribution in [3.63, 3.8) is 0 Å². The molecule has 2 nitrogen and oxygen atoms in total. The molecule has 0 N–H and O–H groups in total. The molecule has 0 fully saturated rings. The van der Waals surface area contributed by atoms with Crippen LogP contribution in [-0.2, 0) is 33.5 Å². The molecule has 356 valence electrons. The van der Waals surface area contributed by atoms with Crippen LogP contribution in [0.25, 0.3) is 11.1 Å². The topological polar surface area (TPSA) is 6.48 Å². The summed E-state index contributed by atoms with van der Waals surface area (Å²) in [7, 11) is 0. The van der Waals surface area contributed by atoms with Gasteiger partial charge in [-0.1, -0.05) is 181 Å². The highest BCUT2D eigenvalue weighted by Crippen LogP contribution is 2.54. The van der Waals surface area contributed by atoms with Gasteiger partial charge in [-0.25, -0.2) is 0 Å². The van der Waals surface area contributed by atoms with Gasteiger partial charge in [0.2, 0.25) is 0 Å². The van der Waals surface area contributed by atoms with Gasteiger partial charge in [0.1, 0.15) is 0 Å². The largest absolute Gasteiger partial charge is 0.311 e. The summed E-state index contributed by atoms with van der Waals surface area (Å²) in [6, 6.07) is 51.0. The molecule has 70 heavy (non-hydrogen) atoms. The molecule has 0 saturated carbocycles. The molecule has 7 aromatic carbocycles. The highest BCUT2D eigenvalue weighted by atomic mass is 15.2. The van der Waals surface area contributed by atoms with Crippen molar-refractivity contribution < 1.29 is 0 Å². The van der Waals surface area contributed by atoms with Gasteiger partial charge in [-0.2, -0.15) is 0 Å². The zero-order chi connectivity index (χ0) is 49.6. The Balaban J connectivity index is 1.27. The average Bonchev–Trinajstić information content (AvgIpc) is 3.60. The normalized spacial score (nSPS) is 17.4. The molecule has 0 amide bonds. The maximum absolute atomic E-state index is 2.71. The van der Waals surface area contributed by atoms with Crippen LogP contribution in [0.2, 0.25) is 0 Å². The predicted molar refractivity (Wildman–Crippen MR) is 303 cm³/mol. The van der Waals surface area contributed by atoms with Gasteiger partial charge in [0.05, 0.1) is 5.69 Å². The monoisotopic (exact) mass is 919 g/mol. The highest BCUT2D eigenvalue weighted by Gasteiger charge is 2.48. The Morgan fingerprint density at radius 1 is 0.500 bits per heavy atom. The minimum absolute atomic E-state index is 0.0174. The van der Waals surface area contributed by atoms with E-state index < -0.39 is 0 Å². The summed E-state index contributed by atoms with van der Waals surface area (Å²) in [5.41, 5.74) is 28.9. The van der Waals surface area contributed by atoms with Crippen LogP contribution >= 0.6 is 0 Å². The second-order valence-electron chi connectivity index (χ2n) is 26.2. The minimum Gasteiger partial charge on any atom is -0.311 e. The van der Waals surface area contributed by atoms with Crippen LogP contribution in [-0.4, -0.2) is 6.71 Å². The summed E-state index contributed by atoms with van der Waals surface area (Å²) in [5.74, 6) is 0.278. The fraction of sp³-hybridized carbons (Fsp3) is 0.373. The van der Waals surface area contributed by atoms with Crippen molar-refractivity contribution in [3.8, 4) is 11.1 Å². The second kappa shape index (κ2) is 15.9. The Labute approximate surface area is 421 Å². The average molecular weight is 919 g/mol. The maximum Gasteiger partial charge on any atom is 0.252 e. The third-order valence-electron chi connectivity index (χ3n) is 17.3. The molecule has 2 heterocycles. The number of rotatable bonds is 5. The highest BCUT2D eigenvalue weighted by molar-refractivity contribution is 7.00. The summed E-state index contributed by atoms with van der Waals surface area (Å²) in [5, 5.41) is 0. The lowest BCUT2D eigenvalue weighted by atomic mass is 9.33. The summed E-state index contributed by atoms with van der Waals surface area (Å²) < 4.78 is 0. The molecular formula is C67H75BN2. The van der Waals surface area contributed by atoms with Crippen LogP contribution in [0.3, 0.4) is 0 Å². The van der Waals surface area contributed by atoms with E-state index >= 15 is 0 Å². The van der Waals surface area contributed by atoms with Crippen LogP contribution < -0.4 is 26.2 Å². The van der Waals surface area contributed by atoms with Crippen molar-refractivity contribution in [1.29, 1.82) is 0 Å². The Bertz CT molecular complexity index is 3220. The molecule has 0 radical (unpaired) electrons. The summed E-state index contributed by atoms with van der Waals surface area (Å²) in [6.45, 7) is 35.9. The summed E-state index contributed by atoms with van der Waals surface area (Å²) in [6.07, 6.45) is 4.43. The first-order chi connectivity index (χ1) is 32.9. The Hall–Kier alpha value is -5.80. The Morgan fingerprint density at radius 3 is 1.66 bits per heavy atom. The van der Waals surface area contributed by atoms with E-state index in [0.717, 1.165) is 12.8 Å². The molecule has 1 unspecified atom stereocenters. The lowest BCUT2D eigenvalue weighted by Crippen LogP contribution is -2.62. The van der Waals surface area contributed by atoms with Crippen LogP contribution in [0.1, 0.15) is 171 Å². The first kappa shape index (κ1) is 46.6. The van der Waals surface area contributed by atoms with Gasteiger partial charge in [-0.3, -0.25) is 0 Å². The van der Waals surface area contributed by atoms with Crippen LogP contribution in [0.4, 0.5) is 34.1 Å². The SMILES string of the molecule is Cc1cccc(C)c1N1c2cc3c(cc2B2c4cc5c(cc4N(c4ccc(C(C)(C)C)cc4)c4cc(C(C)(C)C)cc1c42)C(CCc1ccccc1)c1ccc(C(C)(C)C)cc1-5)C(C)(C)CCC3(C)C. The lowest BCUT2D eigenvalue weighted by Gasteiger charge is -2.48. The number of fused-ring (bicyclic) bond motifs is 8. The van der Waals surface area contributed by atoms with Gasteiger partial charge in [0.25, 0.3) is 6.71 Å². The Morgan fingerprint density at radius 2 is 1.04 bits per heavy atom. The van der Waals surface area contributed by atoms with E-state index in [9.17, 15) is 0 Å². The van der Waals surface area contributed by atoms with Crippen molar-refractivity contribution in [2.45, 2.75) is 163 Å². The Kier molecular flexibility index (Phi) is 10.5. The number of nitrogens with zero attached hydrogens (tertiary/aromatic N) is 2. The zero-order valence-electron chi connectivity index (χ0n) is 45.0. The number of benzene rings is 7. The number of aryl methyl sites for hydroxylation is 3. The van der Waals surface area contributed by atoms with Gasteiger partial charge < -0.3 is 9.80 Å². The first-order valence-electron chi connectivity index (χ1n) is 26.4. The van der Waals surface area contributed by atoms with E-state index in [-0.39, 0.29) is 39.7 Å². The van der Waals surface area contributed by atoms with E-state index in [1.54, 1.807) is 0 Å². The standard InChI is InChI=1S/C67H75BN2/c1-41-20-19-21-42(2)62(41)70-58-40-54-53(66(12,13)32-33-67(54,14)15)39-56(58)68-55-37-51-50-34-45(64(6,7)8)27-31-49(50)48(30-24-43-22-17-16-18-23-43)52(51)38-57(55)69(47-28-25-44(26-29-47)63(3,4)5)59-35-46(65(9,10)11)36-60(70)61(59)68/h16-23,25-29,31,34-40,48H,24,30,32-33H2,1-15H3. The molecule has 0 spiro atoms. The van der Waals surface area contributed by atoms with Crippen LogP contribution in [0.5, 0.6) is 0 Å². The molecule has 2 aliphatic heterocycles. The molecular weight excluding hydrogens is 844 g/mol. The summed E-state index contributed by atoms with van der Waals surface area (Å²) >= 11 is 0. The molecule has 11 rings (SSSR count). The van der Waals surface area contributed by atoms with Crippen molar-refractivity contribution in [2.75, 3.05) is 9.80 Å². The van der Waals surface area contributed by atoms with Crippen LogP contribution in [0, 0.1) is 13.8 Å². The smallest absolute Gasteiger partial charge is 0.252 e. The van der Waals surface area contributed by atoms with Crippen molar-refractivity contribution in [1.82, 2.24) is 0 Å². The lowest BCUT2D eigenvalue weighted by molar-refractivity contribution is 0.332. The van der Waals surface area contributed by atoms with Crippen LogP contribution in [0.15, 0.2) is 127 Å². The first-order valence-corrected chi connectivity index (χ1v) is 26.4. The van der Waals surface area contributed by atoms with Crippen molar-refractivity contribution in [2.24, 2.45) is 0 Å². The van der Waals surface area contributed by atoms with Gasteiger partial charge >= 0.3 is 0 Å². The van der Waals surface area contributed by atoms with E-state index in [0.29, 0.717) is 0 Å². The van der Waals surface area contributed by atoms with Gasteiger partial charge in [-0.15, -0.1) is 0 Å². The number of hydrogen-bond donors (Lipinski definition) is 0. The second-order valence-corrected chi connectivity index (χ2v) is 26.2. The van der Waals surface area contributed by atoms with Gasteiger partial charge in [-0.05, 0) is 186 Å². The molecule has 4 aliphatic rings. The maximum atomic E-state index is 2.71. The minimum atomic E-state index is -0.107. The molecule has 3 heteroatoms. The van der Waals surface area contributed by atoms with Gasteiger partial charge in [0, 0.05) is 34.4 Å². The summed E-state index contributed by atoms with van der Waals surface area (Å²) in [4.78, 5) is 5.40. The molecule has 1 atom stereocenters. The van der Waals surface area contributed by atoms with Crippen molar-refractivity contribution >= 4 is 57.2 Å². The molecule has 0 saturated heterocycles. The number of para-hydroxylation sites is 1. The van der Waals surface area contributed by atoms with E-state index in [1.807, 2.05) is 0 Å². The van der Waals surface area contributed by atoms with E-state index in [4.69, 9.17) is 0 Å². The fourth-order valence-electron chi connectivity index (χ4n) is 12.9. The molecule has 7 aromatic rings. The molecule has 0 aromatic heterocycles. The van der Waals surface area contributed by atoms with E-state index in [2.05, 4.69) is 241 Å². The van der Waals surface area contributed by atoms with E-state index in [1.165, 1.54) is 130 Å². The zero-order valence-corrected chi connectivity index (χ0v) is 45.0.